The minimum absolute atomic E-state index is 0.218. The fourth-order valence-electron chi connectivity index (χ4n) is 1.75. The van der Waals surface area contributed by atoms with Crippen LogP contribution in [0.2, 0.25) is 0 Å². The summed E-state index contributed by atoms with van der Waals surface area (Å²) in [6.45, 7) is 2.55. The molecule has 0 aliphatic rings. The smallest absolute Gasteiger partial charge is 0.273 e. The second kappa shape index (κ2) is 5.60. The lowest BCUT2D eigenvalue weighted by Gasteiger charge is -2.01. The summed E-state index contributed by atoms with van der Waals surface area (Å²) in [5, 5.41) is 10.6. The standard InChI is InChI=1S/C14H12N2O2S2/c1-9-4-6-20-13(9)8-15-14(17)10-7-11(18-16-10)12-3-2-5-19-12/h2-7H,8H2,1H3,(H,15,17). The Labute approximate surface area is 124 Å². The fraction of sp³-hybridized carbons (Fsp3) is 0.143. The second-order valence-electron chi connectivity index (χ2n) is 4.26. The largest absolute Gasteiger partial charge is 0.355 e. The molecule has 6 heteroatoms. The van der Waals surface area contributed by atoms with E-state index in [1.807, 2.05) is 35.9 Å². The highest BCUT2D eigenvalue weighted by atomic mass is 32.1. The molecule has 1 amide bonds. The van der Waals surface area contributed by atoms with E-state index in [1.165, 1.54) is 5.56 Å². The van der Waals surface area contributed by atoms with Gasteiger partial charge in [-0.15, -0.1) is 22.7 Å². The van der Waals surface area contributed by atoms with Crippen molar-refractivity contribution in [3.63, 3.8) is 0 Å². The minimum atomic E-state index is -0.218. The van der Waals surface area contributed by atoms with Crippen molar-refractivity contribution >= 4 is 28.6 Å². The van der Waals surface area contributed by atoms with Crippen molar-refractivity contribution in [3.05, 3.63) is 51.2 Å². The van der Waals surface area contributed by atoms with E-state index >= 15 is 0 Å². The van der Waals surface area contributed by atoms with Crippen molar-refractivity contribution in [1.29, 1.82) is 0 Å². The van der Waals surface area contributed by atoms with Gasteiger partial charge in [-0.1, -0.05) is 11.2 Å². The van der Waals surface area contributed by atoms with Crippen LogP contribution in [0.1, 0.15) is 20.9 Å². The maximum atomic E-state index is 12.0. The number of aryl methyl sites for hydroxylation is 1. The van der Waals surface area contributed by atoms with Gasteiger partial charge in [0.1, 0.15) is 0 Å². The zero-order chi connectivity index (χ0) is 13.9. The van der Waals surface area contributed by atoms with E-state index in [4.69, 9.17) is 4.52 Å². The number of nitrogens with zero attached hydrogens (tertiary/aromatic N) is 1. The summed E-state index contributed by atoms with van der Waals surface area (Å²) in [6.07, 6.45) is 0. The Kier molecular flexibility index (Phi) is 3.66. The Morgan fingerprint density at radius 2 is 2.25 bits per heavy atom. The third kappa shape index (κ3) is 2.66. The van der Waals surface area contributed by atoms with Crippen LogP contribution in [0.25, 0.3) is 10.6 Å². The third-order valence-electron chi connectivity index (χ3n) is 2.88. The second-order valence-corrected chi connectivity index (χ2v) is 6.21. The van der Waals surface area contributed by atoms with Gasteiger partial charge in [0.2, 0.25) is 0 Å². The van der Waals surface area contributed by atoms with Crippen molar-refractivity contribution in [1.82, 2.24) is 10.5 Å². The van der Waals surface area contributed by atoms with Crippen LogP contribution in [0.4, 0.5) is 0 Å². The van der Waals surface area contributed by atoms with Gasteiger partial charge in [0.15, 0.2) is 11.5 Å². The van der Waals surface area contributed by atoms with Gasteiger partial charge in [-0.05, 0) is 35.4 Å². The summed E-state index contributed by atoms with van der Waals surface area (Å²) in [6, 6.07) is 7.57. The maximum Gasteiger partial charge on any atom is 0.273 e. The average Bonchev–Trinajstić information content (AvgIpc) is 3.17. The first-order valence-electron chi connectivity index (χ1n) is 6.06. The lowest BCUT2D eigenvalue weighted by Crippen LogP contribution is -2.22. The van der Waals surface area contributed by atoms with Crippen molar-refractivity contribution in [2.45, 2.75) is 13.5 Å². The molecule has 0 aliphatic carbocycles. The average molecular weight is 304 g/mol. The third-order valence-corrected chi connectivity index (χ3v) is 4.79. The normalized spacial score (nSPS) is 10.7. The fourth-order valence-corrected chi connectivity index (χ4v) is 3.27. The van der Waals surface area contributed by atoms with E-state index in [2.05, 4.69) is 10.5 Å². The van der Waals surface area contributed by atoms with Gasteiger partial charge in [0, 0.05) is 10.9 Å². The molecule has 0 bridgehead atoms. The molecule has 0 aliphatic heterocycles. The van der Waals surface area contributed by atoms with Gasteiger partial charge < -0.3 is 9.84 Å². The molecule has 20 heavy (non-hydrogen) atoms. The van der Waals surface area contributed by atoms with Gasteiger partial charge in [0.25, 0.3) is 5.91 Å². The summed E-state index contributed by atoms with van der Waals surface area (Å²) < 4.78 is 5.19. The highest BCUT2D eigenvalue weighted by molar-refractivity contribution is 7.13. The number of aromatic nitrogens is 1. The Bertz CT molecular complexity index is 713. The molecule has 3 rings (SSSR count). The number of carbonyl (C=O) groups is 1. The summed E-state index contributed by atoms with van der Waals surface area (Å²) in [5.74, 6) is 0.404. The number of amides is 1. The maximum absolute atomic E-state index is 12.0. The van der Waals surface area contributed by atoms with Crippen molar-refractivity contribution < 1.29 is 9.32 Å². The minimum Gasteiger partial charge on any atom is -0.355 e. The Morgan fingerprint density at radius 3 is 2.95 bits per heavy atom. The van der Waals surface area contributed by atoms with E-state index in [1.54, 1.807) is 28.7 Å². The first kappa shape index (κ1) is 13.1. The zero-order valence-corrected chi connectivity index (χ0v) is 12.4. The van der Waals surface area contributed by atoms with E-state index in [0.29, 0.717) is 18.0 Å². The van der Waals surface area contributed by atoms with E-state index in [0.717, 1.165) is 9.75 Å². The summed E-state index contributed by atoms with van der Waals surface area (Å²) in [7, 11) is 0. The van der Waals surface area contributed by atoms with Gasteiger partial charge in [-0.3, -0.25) is 4.79 Å². The molecule has 0 aromatic carbocycles. The number of rotatable bonds is 4. The van der Waals surface area contributed by atoms with Crippen LogP contribution in [0.15, 0.2) is 39.5 Å². The first-order valence-corrected chi connectivity index (χ1v) is 7.82. The predicted molar refractivity (Wildman–Crippen MR) is 80.0 cm³/mol. The lowest BCUT2D eigenvalue weighted by atomic mass is 10.3. The first-order chi connectivity index (χ1) is 9.74. The molecular weight excluding hydrogens is 292 g/mol. The van der Waals surface area contributed by atoms with Crippen molar-refractivity contribution in [2.75, 3.05) is 0 Å². The number of nitrogens with one attached hydrogen (secondary N) is 1. The molecule has 102 valence electrons. The monoisotopic (exact) mass is 304 g/mol. The molecule has 3 aromatic rings. The Hall–Kier alpha value is -1.92. The summed E-state index contributed by atoms with van der Waals surface area (Å²) in [5.41, 5.74) is 1.50. The van der Waals surface area contributed by atoms with Crippen LogP contribution < -0.4 is 5.32 Å². The predicted octanol–water partition coefficient (Wildman–Crippen LogP) is 3.70. The van der Waals surface area contributed by atoms with Crippen molar-refractivity contribution in [2.24, 2.45) is 0 Å². The van der Waals surface area contributed by atoms with Gasteiger partial charge in [-0.2, -0.15) is 0 Å². The SMILES string of the molecule is Cc1ccsc1CNC(=O)c1cc(-c2cccs2)on1. The van der Waals surface area contributed by atoms with Crippen LogP contribution in [-0.4, -0.2) is 11.1 Å². The number of hydrogen-bond acceptors (Lipinski definition) is 5. The van der Waals surface area contributed by atoms with Gasteiger partial charge in [-0.25, -0.2) is 0 Å². The molecule has 4 nitrogen and oxygen atoms in total. The Morgan fingerprint density at radius 1 is 1.35 bits per heavy atom. The molecule has 0 spiro atoms. The topological polar surface area (TPSA) is 55.1 Å². The number of carbonyl (C=O) groups excluding carboxylic acids is 1. The lowest BCUT2D eigenvalue weighted by molar-refractivity contribution is 0.0942. The molecule has 0 saturated carbocycles. The van der Waals surface area contributed by atoms with E-state index < -0.39 is 0 Å². The number of hydrogen-bond donors (Lipinski definition) is 1. The van der Waals surface area contributed by atoms with E-state index in [9.17, 15) is 4.79 Å². The van der Waals surface area contributed by atoms with Crippen LogP contribution in [0.5, 0.6) is 0 Å². The highest BCUT2D eigenvalue weighted by Gasteiger charge is 2.14. The van der Waals surface area contributed by atoms with Gasteiger partial charge >= 0.3 is 0 Å². The summed E-state index contributed by atoms with van der Waals surface area (Å²) >= 11 is 3.18. The molecule has 3 heterocycles. The van der Waals surface area contributed by atoms with Crippen LogP contribution in [0, 0.1) is 6.92 Å². The highest BCUT2D eigenvalue weighted by Crippen LogP contribution is 2.25. The molecule has 3 aromatic heterocycles. The van der Waals surface area contributed by atoms with Crippen LogP contribution >= 0.6 is 22.7 Å². The quantitative estimate of drug-likeness (QED) is 0.799. The molecule has 0 atom stereocenters. The molecule has 0 fully saturated rings. The Balaban J connectivity index is 1.67. The number of thiophene rings is 2. The molecule has 0 saturated heterocycles. The molecule has 0 radical (unpaired) electrons. The van der Waals surface area contributed by atoms with Crippen LogP contribution in [-0.2, 0) is 6.54 Å². The molecule has 1 N–H and O–H groups in total. The van der Waals surface area contributed by atoms with Crippen molar-refractivity contribution in [3.8, 4) is 10.6 Å². The van der Waals surface area contributed by atoms with Crippen LogP contribution in [0.3, 0.4) is 0 Å². The summed E-state index contributed by atoms with van der Waals surface area (Å²) in [4.78, 5) is 14.1. The molecule has 0 unspecified atom stereocenters. The molecular formula is C14H12N2O2S2. The van der Waals surface area contributed by atoms with Gasteiger partial charge in [0.05, 0.1) is 11.4 Å². The zero-order valence-electron chi connectivity index (χ0n) is 10.8. The van der Waals surface area contributed by atoms with E-state index in [-0.39, 0.29) is 5.91 Å².